The summed E-state index contributed by atoms with van der Waals surface area (Å²) in [4.78, 5) is 24.5. The molecular formula is C20H23ClN4O3. The fourth-order valence-electron chi connectivity index (χ4n) is 2.89. The third kappa shape index (κ3) is 5.01. The number of carbonyl (C=O) groups is 2. The molecule has 0 radical (unpaired) electrons. The van der Waals surface area contributed by atoms with Gasteiger partial charge in [0.05, 0.1) is 5.02 Å². The van der Waals surface area contributed by atoms with E-state index in [0.717, 1.165) is 11.1 Å². The fourth-order valence-corrected chi connectivity index (χ4v) is 3.05. The Labute approximate surface area is 168 Å². The van der Waals surface area contributed by atoms with Crippen LogP contribution in [0.2, 0.25) is 5.02 Å². The monoisotopic (exact) mass is 402 g/mol. The van der Waals surface area contributed by atoms with Gasteiger partial charge in [0.15, 0.2) is 6.10 Å². The molecule has 1 heterocycles. The zero-order valence-electron chi connectivity index (χ0n) is 15.7. The summed E-state index contributed by atoms with van der Waals surface area (Å²) in [6, 6.07) is 14.7. The van der Waals surface area contributed by atoms with Gasteiger partial charge in [0, 0.05) is 6.04 Å². The second-order valence-electron chi connectivity index (χ2n) is 6.71. The average Bonchev–Trinajstić information content (AvgIpc) is 3.19. The number of amides is 2. The van der Waals surface area contributed by atoms with E-state index in [9.17, 15) is 9.59 Å². The Balaban J connectivity index is 1.47. The molecule has 8 heteroatoms. The fraction of sp³-hybridized carbons (Fsp3) is 0.300. The molecule has 148 valence electrons. The topological polar surface area (TPSA) is 91.5 Å². The number of benzene rings is 2. The highest BCUT2D eigenvalue weighted by atomic mass is 35.5. The molecule has 0 aliphatic carbocycles. The van der Waals surface area contributed by atoms with Crippen LogP contribution in [0.1, 0.15) is 30.5 Å². The van der Waals surface area contributed by atoms with Gasteiger partial charge in [-0.2, -0.15) is 0 Å². The van der Waals surface area contributed by atoms with Gasteiger partial charge in [-0.3, -0.25) is 20.4 Å². The number of ether oxygens (including phenoxy) is 1. The van der Waals surface area contributed by atoms with E-state index in [1.54, 1.807) is 19.1 Å². The van der Waals surface area contributed by atoms with Crippen molar-refractivity contribution in [2.24, 2.45) is 0 Å². The number of hydrazine groups is 2. The van der Waals surface area contributed by atoms with Crippen molar-refractivity contribution in [3.63, 3.8) is 0 Å². The Hall–Kier alpha value is -2.61. The van der Waals surface area contributed by atoms with Gasteiger partial charge >= 0.3 is 0 Å². The maximum atomic E-state index is 12.3. The molecule has 7 nitrogen and oxygen atoms in total. The second-order valence-corrected chi connectivity index (χ2v) is 7.12. The first-order chi connectivity index (χ1) is 13.4. The van der Waals surface area contributed by atoms with Crippen molar-refractivity contribution in [2.45, 2.75) is 38.5 Å². The third-order valence-electron chi connectivity index (χ3n) is 4.49. The first-order valence-corrected chi connectivity index (χ1v) is 9.40. The van der Waals surface area contributed by atoms with Crippen LogP contribution in [0.25, 0.3) is 0 Å². The Morgan fingerprint density at radius 3 is 2.64 bits per heavy atom. The van der Waals surface area contributed by atoms with E-state index >= 15 is 0 Å². The van der Waals surface area contributed by atoms with Crippen LogP contribution < -0.4 is 26.4 Å². The standard InChI is InChI=1S/C20H23ClN4O3/c1-12-8-9-15(21)18(10-12)28-13(2)19(26)24-25-20(27)17-11-16(22-23-17)14-6-4-3-5-7-14/h3-10,13,16-17,22-23H,11H2,1-2H3,(H,24,26)(H,25,27). The van der Waals surface area contributed by atoms with E-state index in [-0.39, 0.29) is 11.9 Å². The number of aryl methyl sites for hydroxylation is 1. The molecule has 1 aliphatic heterocycles. The molecule has 3 atom stereocenters. The highest BCUT2D eigenvalue weighted by molar-refractivity contribution is 6.32. The Kier molecular flexibility index (Phi) is 6.51. The van der Waals surface area contributed by atoms with Crippen LogP contribution in [-0.2, 0) is 9.59 Å². The lowest BCUT2D eigenvalue weighted by atomic mass is 10.0. The van der Waals surface area contributed by atoms with E-state index in [0.29, 0.717) is 17.2 Å². The van der Waals surface area contributed by atoms with Crippen LogP contribution >= 0.6 is 11.6 Å². The van der Waals surface area contributed by atoms with E-state index in [1.807, 2.05) is 43.3 Å². The highest BCUT2D eigenvalue weighted by Gasteiger charge is 2.30. The van der Waals surface area contributed by atoms with Crippen LogP contribution in [0.5, 0.6) is 5.75 Å². The number of hydrogen-bond acceptors (Lipinski definition) is 5. The third-order valence-corrected chi connectivity index (χ3v) is 4.80. The van der Waals surface area contributed by atoms with Gasteiger partial charge in [-0.25, -0.2) is 10.9 Å². The molecule has 2 aromatic rings. The van der Waals surface area contributed by atoms with Gasteiger partial charge < -0.3 is 4.74 Å². The molecule has 1 saturated heterocycles. The number of hydrogen-bond donors (Lipinski definition) is 4. The molecule has 4 N–H and O–H groups in total. The maximum Gasteiger partial charge on any atom is 0.279 e. The van der Waals surface area contributed by atoms with Crippen molar-refractivity contribution in [3.8, 4) is 5.75 Å². The zero-order valence-corrected chi connectivity index (χ0v) is 16.4. The number of carbonyl (C=O) groups excluding carboxylic acids is 2. The summed E-state index contributed by atoms with van der Waals surface area (Å²) >= 11 is 6.08. The minimum Gasteiger partial charge on any atom is -0.479 e. The predicted octanol–water partition coefficient (Wildman–Crippen LogP) is 2.17. The Morgan fingerprint density at radius 2 is 1.89 bits per heavy atom. The summed E-state index contributed by atoms with van der Waals surface area (Å²) in [7, 11) is 0. The number of halogens is 1. The summed E-state index contributed by atoms with van der Waals surface area (Å²) in [6.07, 6.45) is -0.261. The number of rotatable bonds is 5. The molecule has 28 heavy (non-hydrogen) atoms. The smallest absolute Gasteiger partial charge is 0.279 e. The van der Waals surface area contributed by atoms with E-state index < -0.39 is 18.1 Å². The molecule has 2 aromatic carbocycles. The molecule has 1 fully saturated rings. The van der Waals surface area contributed by atoms with Gasteiger partial charge in [0.25, 0.3) is 11.8 Å². The molecule has 1 aliphatic rings. The molecule has 0 aromatic heterocycles. The lowest BCUT2D eigenvalue weighted by Crippen LogP contribution is -2.52. The van der Waals surface area contributed by atoms with Gasteiger partial charge in [-0.1, -0.05) is 48.0 Å². The normalized spacial score (nSPS) is 19.7. The Bertz CT molecular complexity index is 847. The van der Waals surface area contributed by atoms with Gasteiger partial charge in [0.1, 0.15) is 11.8 Å². The zero-order chi connectivity index (χ0) is 20.1. The van der Waals surface area contributed by atoms with Gasteiger partial charge in [0.2, 0.25) is 0 Å². The van der Waals surface area contributed by atoms with Crippen LogP contribution in [-0.4, -0.2) is 24.0 Å². The molecule has 0 bridgehead atoms. The minimum absolute atomic E-state index is 0.0263. The summed E-state index contributed by atoms with van der Waals surface area (Å²) in [6.45, 7) is 3.49. The van der Waals surface area contributed by atoms with Crippen LogP contribution in [0.4, 0.5) is 0 Å². The number of nitrogens with one attached hydrogen (secondary N) is 4. The highest BCUT2D eigenvalue weighted by Crippen LogP contribution is 2.26. The molecule has 0 spiro atoms. The predicted molar refractivity (Wildman–Crippen MR) is 106 cm³/mol. The van der Waals surface area contributed by atoms with E-state index in [4.69, 9.17) is 16.3 Å². The van der Waals surface area contributed by atoms with E-state index in [1.165, 1.54) is 0 Å². The summed E-state index contributed by atoms with van der Waals surface area (Å²) in [5, 5.41) is 0.419. The minimum atomic E-state index is -0.827. The summed E-state index contributed by atoms with van der Waals surface area (Å²) < 4.78 is 5.60. The van der Waals surface area contributed by atoms with Gasteiger partial charge in [-0.15, -0.1) is 0 Å². The average molecular weight is 403 g/mol. The first-order valence-electron chi connectivity index (χ1n) is 9.02. The van der Waals surface area contributed by atoms with Crippen molar-refractivity contribution in [1.82, 2.24) is 21.7 Å². The van der Waals surface area contributed by atoms with Crippen molar-refractivity contribution in [2.75, 3.05) is 0 Å². The van der Waals surface area contributed by atoms with E-state index in [2.05, 4.69) is 21.7 Å². The SMILES string of the molecule is Cc1ccc(Cl)c(OC(C)C(=O)NNC(=O)C2CC(c3ccccc3)NN2)c1. The van der Waals surface area contributed by atoms with Crippen LogP contribution in [0, 0.1) is 6.92 Å². The quantitative estimate of drug-likeness (QED) is 0.575. The van der Waals surface area contributed by atoms with Crippen molar-refractivity contribution >= 4 is 23.4 Å². The van der Waals surface area contributed by atoms with Crippen molar-refractivity contribution in [3.05, 3.63) is 64.7 Å². The van der Waals surface area contributed by atoms with Crippen molar-refractivity contribution in [1.29, 1.82) is 0 Å². The maximum absolute atomic E-state index is 12.3. The molecular weight excluding hydrogens is 380 g/mol. The largest absolute Gasteiger partial charge is 0.479 e. The first kappa shape index (κ1) is 20.1. The van der Waals surface area contributed by atoms with Gasteiger partial charge in [-0.05, 0) is 43.5 Å². The molecule has 3 rings (SSSR count). The van der Waals surface area contributed by atoms with Crippen molar-refractivity contribution < 1.29 is 14.3 Å². The summed E-state index contributed by atoms with van der Waals surface area (Å²) in [5.74, 6) is -0.389. The Morgan fingerprint density at radius 1 is 1.14 bits per heavy atom. The molecule has 0 saturated carbocycles. The second kappa shape index (κ2) is 9.05. The molecule has 3 unspecified atom stereocenters. The summed E-state index contributed by atoms with van der Waals surface area (Å²) in [5.41, 5.74) is 12.9. The van der Waals surface area contributed by atoms with Crippen LogP contribution in [0.15, 0.2) is 48.5 Å². The molecule has 2 amide bonds. The lowest BCUT2D eigenvalue weighted by Gasteiger charge is -2.17. The lowest BCUT2D eigenvalue weighted by molar-refractivity contribution is -0.133. The van der Waals surface area contributed by atoms with Crippen LogP contribution in [0.3, 0.4) is 0 Å².